The molecule has 0 aromatic heterocycles. The van der Waals surface area contributed by atoms with Crippen LogP contribution < -0.4 is 5.32 Å². The summed E-state index contributed by atoms with van der Waals surface area (Å²) in [5.41, 5.74) is 0.969. The summed E-state index contributed by atoms with van der Waals surface area (Å²) in [6, 6.07) is 16.6. The van der Waals surface area contributed by atoms with Gasteiger partial charge in [0, 0.05) is 13.1 Å². The zero-order chi connectivity index (χ0) is 27.7. The Morgan fingerprint density at radius 3 is 2.26 bits per heavy atom. The molecule has 2 aromatic carbocycles. The highest BCUT2D eigenvalue weighted by molar-refractivity contribution is 5.91. The van der Waals surface area contributed by atoms with Gasteiger partial charge < -0.3 is 15.1 Å². The fourth-order valence-corrected chi connectivity index (χ4v) is 4.67. The third-order valence-electron chi connectivity index (χ3n) is 6.41. The van der Waals surface area contributed by atoms with Crippen molar-refractivity contribution in [3.63, 3.8) is 0 Å². The summed E-state index contributed by atoms with van der Waals surface area (Å²) in [5.74, 6) is 2.35. The highest BCUT2D eigenvalue weighted by Gasteiger charge is 2.50. The average Bonchev–Trinajstić information content (AvgIpc) is 2.90. The van der Waals surface area contributed by atoms with Crippen LogP contribution in [0, 0.1) is 24.1 Å². The van der Waals surface area contributed by atoms with Gasteiger partial charge in [-0.3, -0.25) is 9.59 Å². The first-order valence-corrected chi connectivity index (χ1v) is 12.9. The van der Waals surface area contributed by atoms with Gasteiger partial charge in [0.2, 0.25) is 11.8 Å². The quantitative estimate of drug-likeness (QED) is 0.592. The number of hydrogen-bond acceptors (Lipinski definition) is 4. The molecule has 9 heteroatoms. The van der Waals surface area contributed by atoms with E-state index in [1.807, 2.05) is 51.1 Å². The van der Waals surface area contributed by atoms with Gasteiger partial charge in [0.25, 0.3) is 0 Å². The zero-order valence-corrected chi connectivity index (χ0v) is 22.2. The maximum atomic E-state index is 13.3. The monoisotopic (exact) mass is 521 g/mol. The van der Waals surface area contributed by atoms with Crippen molar-refractivity contribution in [1.82, 2.24) is 25.1 Å². The molecule has 2 heterocycles. The Kier molecular flexibility index (Phi) is 10.3. The van der Waals surface area contributed by atoms with Gasteiger partial charge >= 0.3 is 6.03 Å². The topological polar surface area (TPSA) is 76.2 Å². The molecule has 0 radical (unpaired) electrons. The van der Waals surface area contributed by atoms with Crippen molar-refractivity contribution in [2.24, 2.45) is 5.92 Å². The Morgan fingerprint density at radius 2 is 1.74 bits per heavy atom. The van der Waals surface area contributed by atoms with Crippen molar-refractivity contribution in [2.45, 2.75) is 45.9 Å². The first-order chi connectivity index (χ1) is 18.3. The van der Waals surface area contributed by atoms with E-state index in [0.717, 1.165) is 5.56 Å². The predicted molar refractivity (Wildman–Crippen MR) is 143 cm³/mol. The lowest BCUT2D eigenvalue weighted by Gasteiger charge is -2.55. The second-order valence-electron chi connectivity index (χ2n) is 9.62. The minimum atomic E-state index is -0.591. The van der Waals surface area contributed by atoms with Crippen molar-refractivity contribution in [3.8, 4) is 12.3 Å². The second-order valence-corrected chi connectivity index (χ2v) is 9.62. The van der Waals surface area contributed by atoms with E-state index in [-0.39, 0.29) is 49.2 Å². The Bertz CT molecular complexity index is 1120. The number of fused-ring (bicyclic) bond motifs is 1. The summed E-state index contributed by atoms with van der Waals surface area (Å²) in [6.45, 7) is 7.18. The van der Waals surface area contributed by atoms with Gasteiger partial charge in [0.1, 0.15) is 18.0 Å². The van der Waals surface area contributed by atoms with E-state index in [9.17, 15) is 18.8 Å². The maximum Gasteiger partial charge on any atom is 0.334 e. The maximum absolute atomic E-state index is 13.3. The number of halogens is 1. The molecule has 8 nitrogen and oxygen atoms in total. The molecule has 2 aliphatic rings. The van der Waals surface area contributed by atoms with Crippen molar-refractivity contribution in [1.29, 1.82) is 0 Å². The first-order valence-electron chi connectivity index (χ1n) is 12.9. The van der Waals surface area contributed by atoms with Gasteiger partial charge in [-0.15, -0.1) is 6.42 Å². The van der Waals surface area contributed by atoms with E-state index in [4.69, 9.17) is 6.42 Å². The van der Waals surface area contributed by atoms with Crippen molar-refractivity contribution >= 4 is 17.8 Å². The molecule has 0 saturated carbocycles. The molecule has 202 valence electrons. The van der Waals surface area contributed by atoms with Crippen LogP contribution in [-0.2, 0) is 16.1 Å². The van der Waals surface area contributed by atoms with Crippen LogP contribution >= 0.6 is 0 Å². The number of carbonyl (C=O) groups excluding carboxylic acids is 3. The van der Waals surface area contributed by atoms with Crippen LogP contribution in [0.15, 0.2) is 60.7 Å². The number of piperazine rings is 1. The lowest BCUT2D eigenvalue weighted by Crippen LogP contribution is -2.76. The molecule has 2 aliphatic heterocycles. The van der Waals surface area contributed by atoms with E-state index in [2.05, 4.69) is 11.2 Å². The second kappa shape index (κ2) is 13.6. The predicted octanol–water partition coefficient (Wildman–Crippen LogP) is 3.32. The van der Waals surface area contributed by atoms with Crippen LogP contribution in [-0.4, -0.2) is 76.0 Å². The number of nitrogens with zero attached hydrogens (tertiary/aromatic N) is 4. The Morgan fingerprint density at radius 1 is 1.11 bits per heavy atom. The van der Waals surface area contributed by atoms with Gasteiger partial charge in [0.05, 0.1) is 19.6 Å². The Hall–Kier alpha value is -3.90. The number of amides is 4. The standard InChI is InChI=1S/C23H31N5O3.C6H5F/c1-5-12-26-16-21(29)27-19(13-17(3)4)22(30)25(6-2)15-20(27)28(26)23(31)24-14-18-10-8-7-9-11-18;7-6-4-2-1-3-5-6/h1,7-11,17,19-20H,6,12-16H2,2-4H3,(H,24,31);1-5H/t19-,20-;/m0./s1. The molecule has 4 amide bonds. The molecule has 0 bridgehead atoms. The van der Waals surface area contributed by atoms with Crippen LogP contribution in [0.4, 0.5) is 9.18 Å². The molecule has 38 heavy (non-hydrogen) atoms. The number of hydrogen-bond donors (Lipinski definition) is 1. The van der Waals surface area contributed by atoms with Crippen LogP contribution in [0.25, 0.3) is 0 Å². The number of nitrogens with one attached hydrogen (secondary N) is 1. The molecule has 2 saturated heterocycles. The van der Waals surface area contributed by atoms with Gasteiger partial charge in [-0.1, -0.05) is 68.3 Å². The first kappa shape index (κ1) is 28.7. The number of urea groups is 1. The number of likely N-dealkylation sites (N-methyl/N-ethyl adjacent to an activating group) is 1. The largest absolute Gasteiger partial charge is 0.337 e. The molecular formula is C29H36FN5O3. The van der Waals surface area contributed by atoms with Gasteiger partial charge in [0.15, 0.2) is 0 Å². The minimum absolute atomic E-state index is 0.0343. The fourth-order valence-electron chi connectivity index (χ4n) is 4.67. The van der Waals surface area contributed by atoms with E-state index >= 15 is 0 Å². The Labute approximate surface area is 224 Å². The van der Waals surface area contributed by atoms with Crippen molar-refractivity contribution < 1.29 is 18.8 Å². The normalized spacial score (nSPS) is 19.4. The van der Waals surface area contributed by atoms with Gasteiger partial charge in [-0.2, -0.15) is 5.01 Å². The third kappa shape index (κ3) is 7.11. The Balaban J connectivity index is 0.000000494. The highest BCUT2D eigenvalue weighted by atomic mass is 19.1. The molecular weight excluding hydrogens is 485 g/mol. The molecule has 0 unspecified atom stereocenters. The van der Waals surface area contributed by atoms with Gasteiger partial charge in [-0.25, -0.2) is 14.2 Å². The average molecular weight is 522 g/mol. The molecule has 2 aromatic rings. The minimum Gasteiger partial charge on any atom is -0.337 e. The molecule has 4 rings (SSSR count). The SMILES string of the molecule is C#CCN1CC(=O)N2[C@@H](CC(C)C)C(=O)N(CC)C[C@@H]2N1C(=O)NCc1ccccc1.Fc1ccccc1. The smallest absolute Gasteiger partial charge is 0.334 e. The number of benzene rings is 2. The lowest BCUT2D eigenvalue weighted by atomic mass is 9.97. The van der Waals surface area contributed by atoms with E-state index in [1.54, 1.807) is 33.0 Å². The van der Waals surface area contributed by atoms with Crippen LogP contribution in [0.3, 0.4) is 0 Å². The number of carbonyl (C=O) groups is 3. The van der Waals surface area contributed by atoms with Crippen LogP contribution in [0.2, 0.25) is 0 Å². The molecule has 0 spiro atoms. The number of terminal acetylenes is 1. The van der Waals surface area contributed by atoms with E-state index in [0.29, 0.717) is 19.5 Å². The van der Waals surface area contributed by atoms with Crippen LogP contribution in [0.1, 0.15) is 32.8 Å². The number of rotatable bonds is 6. The van der Waals surface area contributed by atoms with Crippen LogP contribution in [0.5, 0.6) is 0 Å². The summed E-state index contributed by atoms with van der Waals surface area (Å²) in [4.78, 5) is 42.7. The molecule has 2 fully saturated rings. The zero-order valence-electron chi connectivity index (χ0n) is 22.2. The third-order valence-corrected chi connectivity index (χ3v) is 6.41. The van der Waals surface area contributed by atoms with Crippen molar-refractivity contribution in [2.75, 3.05) is 26.2 Å². The highest BCUT2D eigenvalue weighted by Crippen LogP contribution is 2.29. The van der Waals surface area contributed by atoms with Gasteiger partial charge in [-0.05, 0) is 37.0 Å². The molecule has 1 N–H and O–H groups in total. The summed E-state index contributed by atoms with van der Waals surface area (Å²) in [6.07, 6.45) is 5.49. The lowest BCUT2D eigenvalue weighted by molar-refractivity contribution is -0.189. The molecule has 0 aliphatic carbocycles. The fraction of sp³-hybridized carbons (Fsp3) is 0.414. The number of hydrazine groups is 1. The van der Waals surface area contributed by atoms with E-state index < -0.39 is 12.2 Å². The summed E-state index contributed by atoms with van der Waals surface area (Å²) in [5, 5.41) is 6.07. The molecule has 2 atom stereocenters. The summed E-state index contributed by atoms with van der Waals surface area (Å²) in [7, 11) is 0. The van der Waals surface area contributed by atoms with Crippen molar-refractivity contribution in [3.05, 3.63) is 72.0 Å². The summed E-state index contributed by atoms with van der Waals surface area (Å²) < 4.78 is 11.9. The van der Waals surface area contributed by atoms with E-state index in [1.165, 1.54) is 17.1 Å². The summed E-state index contributed by atoms with van der Waals surface area (Å²) >= 11 is 0.